The normalized spacial score (nSPS) is 12.7. The first-order valence-corrected chi connectivity index (χ1v) is 6.54. The zero-order valence-electron chi connectivity index (χ0n) is 12.2. The van der Waals surface area contributed by atoms with Crippen LogP contribution in [0.4, 0.5) is 0 Å². The number of aliphatic hydroxyl groups is 1. The van der Waals surface area contributed by atoms with Crippen molar-refractivity contribution >= 4 is 30.1 Å². The Morgan fingerprint density at radius 3 is 2.60 bits per heavy atom. The Hall–Kier alpha value is -1.59. The molecule has 1 aromatic carbocycles. The maximum Gasteiger partial charge on any atom is 0.331 e. The van der Waals surface area contributed by atoms with Crippen LogP contribution in [0.25, 0.3) is 10.9 Å². The molecule has 1 heterocycles. The molecule has 0 saturated carbocycles. The van der Waals surface area contributed by atoms with Crippen LogP contribution in [0.3, 0.4) is 0 Å². The van der Waals surface area contributed by atoms with Crippen LogP contribution >= 0.6 is 0 Å². The molecule has 2 rings (SSSR count). The van der Waals surface area contributed by atoms with Gasteiger partial charge in [0.1, 0.15) is 6.29 Å². The summed E-state index contributed by atoms with van der Waals surface area (Å²) in [5, 5.41) is 11.1. The van der Waals surface area contributed by atoms with Gasteiger partial charge in [-0.1, -0.05) is 6.07 Å². The van der Waals surface area contributed by atoms with E-state index in [4.69, 9.17) is 4.65 Å². The summed E-state index contributed by atoms with van der Waals surface area (Å²) < 4.78 is 5.75. The molecule has 2 aromatic rings. The van der Waals surface area contributed by atoms with Crippen LogP contribution in [0.1, 0.15) is 38.1 Å². The smallest absolute Gasteiger partial charge is 0.331 e. The van der Waals surface area contributed by atoms with Crippen molar-refractivity contribution in [1.82, 2.24) is 4.98 Å². The quantitative estimate of drug-likeness (QED) is 0.644. The lowest BCUT2D eigenvalue weighted by molar-refractivity contribution is -0.0893. The van der Waals surface area contributed by atoms with Gasteiger partial charge in [0.25, 0.3) is 0 Å². The molecule has 0 unspecified atom stereocenters. The van der Waals surface area contributed by atoms with Gasteiger partial charge >= 0.3 is 7.48 Å². The highest BCUT2D eigenvalue weighted by molar-refractivity contribution is 6.51. The number of rotatable bonds is 5. The molecule has 0 fully saturated rings. The van der Waals surface area contributed by atoms with E-state index in [2.05, 4.69) is 4.98 Å². The van der Waals surface area contributed by atoms with Gasteiger partial charge in [0, 0.05) is 17.3 Å². The zero-order valence-corrected chi connectivity index (χ0v) is 12.2. The van der Waals surface area contributed by atoms with Gasteiger partial charge in [-0.25, -0.2) is 0 Å². The molecule has 20 heavy (non-hydrogen) atoms. The fourth-order valence-electron chi connectivity index (χ4n) is 1.74. The number of aromatic nitrogens is 1. The van der Waals surface area contributed by atoms with Crippen LogP contribution in [0.15, 0.2) is 24.4 Å². The molecule has 0 saturated heterocycles. The fourth-order valence-corrected chi connectivity index (χ4v) is 1.74. The monoisotopic (exact) mass is 272 g/mol. The number of benzene rings is 1. The molecular weight excluding hydrogens is 253 g/mol. The minimum atomic E-state index is -0.983. The second-order valence-corrected chi connectivity index (χ2v) is 5.97. The number of aldehydes is 1. The Bertz CT molecular complexity index is 626. The molecule has 1 aromatic heterocycles. The maximum atomic E-state index is 11.0. The van der Waals surface area contributed by atoms with Crippen LogP contribution in [0.2, 0.25) is 0 Å². The minimum Gasteiger partial charge on any atom is -0.427 e. The maximum absolute atomic E-state index is 11.0. The lowest BCUT2D eigenvalue weighted by atomic mass is 9.80. The Balaban J connectivity index is 2.30. The van der Waals surface area contributed by atoms with Crippen LogP contribution in [-0.2, 0) is 4.65 Å². The highest BCUT2D eigenvalue weighted by Gasteiger charge is 2.35. The van der Waals surface area contributed by atoms with E-state index >= 15 is 0 Å². The standard InChI is InChI=1S/C15H19BNO3/c1-14(2,19)15(3,4)20-16-12-7-10(9-18)8-13-11(12)5-6-17-13/h5-9,17,19H,1-4H3. The van der Waals surface area contributed by atoms with Crippen molar-refractivity contribution in [3.8, 4) is 0 Å². The highest BCUT2D eigenvalue weighted by atomic mass is 16.5. The SMILES string of the molecule is CC(C)(O)C(C)(C)O[B]c1cc(C=O)cc2[nH]ccc12. The zero-order chi connectivity index (χ0) is 15.0. The lowest BCUT2D eigenvalue weighted by Gasteiger charge is -2.37. The number of aromatic amines is 1. The summed E-state index contributed by atoms with van der Waals surface area (Å²) in [5.41, 5.74) is 0.542. The molecule has 0 atom stereocenters. The van der Waals surface area contributed by atoms with E-state index in [0.717, 1.165) is 22.7 Å². The number of nitrogens with one attached hydrogen (secondary N) is 1. The first-order chi connectivity index (χ1) is 9.24. The average Bonchev–Trinajstić information content (AvgIpc) is 2.82. The molecule has 0 aliphatic rings. The van der Waals surface area contributed by atoms with Crippen molar-refractivity contribution in [2.75, 3.05) is 0 Å². The second-order valence-electron chi connectivity index (χ2n) is 5.97. The summed E-state index contributed by atoms with van der Waals surface area (Å²) in [4.78, 5) is 14.1. The molecule has 0 bridgehead atoms. The van der Waals surface area contributed by atoms with E-state index in [1.54, 1.807) is 33.5 Å². The highest BCUT2D eigenvalue weighted by Crippen LogP contribution is 2.24. The van der Waals surface area contributed by atoms with Gasteiger partial charge < -0.3 is 14.7 Å². The lowest BCUT2D eigenvalue weighted by Crippen LogP contribution is -2.49. The number of carbonyl (C=O) groups is 1. The largest absolute Gasteiger partial charge is 0.427 e. The van der Waals surface area contributed by atoms with Crippen molar-refractivity contribution in [1.29, 1.82) is 0 Å². The van der Waals surface area contributed by atoms with Gasteiger partial charge in [-0.3, -0.25) is 4.79 Å². The number of hydrogen-bond donors (Lipinski definition) is 2. The summed E-state index contributed by atoms with van der Waals surface area (Å²) in [6, 6.07) is 5.49. The van der Waals surface area contributed by atoms with Crippen LogP contribution in [0, 0.1) is 0 Å². The topological polar surface area (TPSA) is 62.3 Å². The summed E-state index contributed by atoms with van der Waals surface area (Å²) in [6.07, 6.45) is 2.62. The van der Waals surface area contributed by atoms with E-state index < -0.39 is 11.2 Å². The summed E-state index contributed by atoms with van der Waals surface area (Å²) in [6.45, 7) is 7.05. The van der Waals surface area contributed by atoms with E-state index in [1.807, 2.05) is 26.1 Å². The Kier molecular flexibility index (Phi) is 3.76. The van der Waals surface area contributed by atoms with Crippen molar-refractivity contribution in [2.24, 2.45) is 0 Å². The van der Waals surface area contributed by atoms with Crippen molar-refractivity contribution in [2.45, 2.75) is 38.9 Å². The third-order valence-corrected chi connectivity index (χ3v) is 3.81. The van der Waals surface area contributed by atoms with Gasteiger partial charge in [-0.15, -0.1) is 0 Å². The van der Waals surface area contributed by atoms with E-state index in [-0.39, 0.29) is 0 Å². The van der Waals surface area contributed by atoms with E-state index in [9.17, 15) is 9.90 Å². The molecule has 0 spiro atoms. The number of H-pyrrole nitrogens is 1. The van der Waals surface area contributed by atoms with Crippen molar-refractivity contribution in [3.05, 3.63) is 30.0 Å². The third-order valence-electron chi connectivity index (χ3n) is 3.81. The molecule has 4 nitrogen and oxygen atoms in total. The van der Waals surface area contributed by atoms with Gasteiger partial charge in [-0.05, 0) is 50.7 Å². The van der Waals surface area contributed by atoms with E-state index in [0.29, 0.717) is 5.56 Å². The summed E-state index contributed by atoms with van der Waals surface area (Å²) >= 11 is 0. The number of carbonyl (C=O) groups excluding carboxylic acids is 1. The third kappa shape index (κ3) is 2.79. The fraction of sp³-hybridized carbons (Fsp3) is 0.400. The van der Waals surface area contributed by atoms with Crippen LogP contribution < -0.4 is 5.46 Å². The molecule has 0 aliphatic carbocycles. The first kappa shape index (κ1) is 14.8. The average molecular weight is 272 g/mol. The Morgan fingerprint density at radius 1 is 1.30 bits per heavy atom. The molecule has 5 heteroatoms. The molecule has 105 valence electrons. The predicted molar refractivity (Wildman–Crippen MR) is 80.5 cm³/mol. The first-order valence-electron chi connectivity index (χ1n) is 6.54. The van der Waals surface area contributed by atoms with Crippen molar-refractivity contribution < 1.29 is 14.6 Å². The molecule has 0 amide bonds. The minimum absolute atomic E-state index is 0.580. The summed E-state index contributed by atoms with van der Waals surface area (Å²) in [5.74, 6) is 0. The van der Waals surface area contributed by atoms with Gasteiger partial charge in [0.15, 0.2) is 0 Å². The van der Waals surface area contributed by atoms with Gasteiger partial charge in [0.2, 0.25) is 0 Å². The van der Waals surface area contributed by atoms with Gasteiger partial charge in [-0.2, -0.15) is 0 Å². The van der Waals surface area contributed by atoms with Crippen molar-refractivity contribution in [3.63, 3.8) is 0 Å². The summed E-state index contributed by atoms with van der Waals surface area (Å²) in [7, 11) is 1.60. The Morgan fingerprint density at radius 2 is 2.00 bits per heavy atom. The number of hydrogen-bond acceptors (Lipinski definition) is 3. The van der Waals surface area contributed by atoms with E-state index in [1.165, 1.54) is 0 Å². The number of fused-ring (bicyclic) bond motifs is 1. The molecular formula is C15H19BNO3. The van der Waals surface area contributed by atoms with Gasteiger partial charge in [0.05, 0.1) is 11.2 Å². The molecule has 1 radical (unpaired) electrons. The Labute approximate surface area is 119 Å². The van der Waals surface area contributed by atoms with Crippen LogP contribution in [-0.4, -0.2) is 35.1 Å². The molecule has 0 aliphatic heterocycles. The second kappa shape index (κ2) is 5.07. The van der Waals surface area contributed by atoms with Crippen LogP contribution in [0.5, 0.6) is 0 Å². The molecule has 2 N–H and O–H groups in total. The predicted octanol–water partition coefficient (Wildman–Crippen LogP) is 1.79.